The van der Waals surface area contributed by atoms with Crippen molar-refractivity contribution in [3.63, 3.8) is 0 Å². The average molecular weight is 395 g/mol. The lowest BCUT2D eigenvalue weighted by atomic mass is 10.2. The summed E-state index contributed by atoms with van der Waals surface area (Å²) >= 11 is 0. The van der Waals surface area contributed by atoms with E-state index in [9.17, 15) is 0 Å². The minimum Gasteiger partial charge on any atom is -0.379 e. The van der Waals surface area contributed by atoms with Crippen LogP contribution in [0, 0.1) is 6.92 Å². The third-order valence-corrected chi connectivity index (χ3v) is 5.17. The first kappa shape index (κ1) is 21.0. The number of ether oxygens (including phenoxy) is 3. The highest BCUT2D eigenvalue weighted by molar-refractivity contribution is 5.79. The maximum Gasteiger partial charge on any atom is 0.191 e. The third kappa shape index (κ3) is 6.72. The lowest BCUT2D eigenvalue weighted by molar-refractivity contribution is 0.0168. The third-order valence-electron chi connectivity index (χ3n) is 5.17. The van der Waals surface area contributed by atoms with Crippen LogP contribution in [0.25, 0.3) is 0 Å². The Hall–Kier alpha value is -1.71. The van der Waals surface area contributed by atoms with Gasteiger partial charge in [0.15, 0.2) is 11.8 Å². The van der Waals surface area contributed by atoms with Crippen LogP contribution in [0.5, 0.6) is 0 Å². The molecule has 158 valence electrons. The summed E-state index contributed by atoms with van der Waals surface area (Å²) in [6, 6.07) is 0. The molecule has 0 aromatic carbocycles. The number of aromatic nitrogens is 3. The molecule has 2 atom stereocenters. The van der Waals surface area contributed by atoms with Crippen molar-refractivity contribution in [2.75, 3.05) is 39.5 Å². The first-order chi connectivity index (χ1) is 13.7. The van der Waals surface area contributed by atoms with Gasteiger partial charge in [0.05, 0.1) is 18.8 Å². The highest BCUT2D eigenvalue weighted by atomic mass is 16.5. The van der Waals surface area contributed by atoms with Gasteiger partial charge in [-0.05, 0) is 39.0 Å². The molecule has 2 unspecified atom stereocenters. The smallest absolute Gasteiger partial charge is 0.191 e. The Morgan fingerprint density at radius 2 is 1.96 bits per heavy atom. The van der Waals surface area contributed by atoms with Crippen molar-refractivity contribution in [3.05, 3.63) is 11.6 Å². The Kier molecular flexibility index (Phi) is 8.50. The van der Waals surface area contributed by atoms with Gasteiger partial charge in [0.2, 0.25) is 0 Å². The normalized spacial score (nSPS) is 22.7. The van der Waals surface area contributed by atoms with Crippen LogP contribution in [0.3, 0.4) is 0 Å². The van der Waals surface area contributed by atoms with Crippen molar-refractivity contribution in [2.24, 2.45) is 12.0 Å². The lowest BCUT2D eigenvalue weighted by Gasteiger charge is -2.16. The number of aryl methyl sites for hydroxylation is 1. The van der Waals surface area contributed by atoms with Gasteiger partial charge in [-0.15, -0.1) is 10.2 Å². The predicted octanol–water partition coefficient (Wildman–Crippen LogP) is 0.923. The Bertz CT molecular complexity index is 609. The molecule has 2 aliphatic rings. The number of hydrogen-bond acceptors (Lipinski definition) is 6. The summed E-state index contributed by atoms with van der Waals surface area (Å²) in [4.78, 5) is 4.66. The average Bonchev–Trinajstić information content (AvgIpc) is 3.45. The van der Waals surface area contributed by atoms with E-state index in [1.807, 2.05) is 18.5 Å². The summed E-state index contributed by atoms with van der Waals surface area (Å²) < 4.78 is 18.9. The van der Waals surface area contributed by atoms with E-state index in [0.717, 1.165) is 76.0 Å². The maximum atomic E-state index is 5.72. The molecule has 0 bridgehead atoms. The van der Waals surface area contributed by atoms with Crippen molar-refractivity contribution in [3.8, 4) is 0 Å². The van der Waals surface area contributed by atoms with Crippen LogP contribution in [-0.2, 0) is 27.8 Å². The maximum absolute atomic E-state index is 5.72. The van der Waals surface area contributed by atoms with Gasteiger partial charge in [0, 0.05) is 40.0 Å². The number of aliphatic imine (C=N–C) groups is 1. The topological polar surface area (TPSA) is 94.8 Å². The molecule has 28 heavy (non-hydrogen) atoms. The second kappa shape index (κ2) is 11.3. The van der Waals surface area contributed by atoms with E-state index >= 15 is 0 Å². The fourth-order valence-electron chi connectivity index (χ4n) is 3.30. The Morgan fingerprint density at radius 1 is 1.18 bits per heavy atom. The zero-order valence-corrected chi connectivity index (χ0v) is 17.2. The zero-order valence-electron chi connectivity index (χ0n) is 17.2. The monoisotopic (exact) mass is 394 g/mol. The largest absolute Gasteiger partial charge is 0.379 e. The standard InChI is InChI=1S/C19H34N6O3/c1-15-23-24-18(25(15)2)13-22-19(21-12-16-6-3-10-27-16)20-8-5-9-26-14-17-7-4-11-28-17/h16-17H,3-14H2,1-2H3,(H2,20,21,22). The van der Waals surface area contributed by atoms with E-state index in [4.69, 9.17) is 14.2 Å². The van der Waals surface area contributed by atoms with E-state index in [2.05, 4.69) is 25.8 Å². The zero-order chi connectivity index (χ0) is 19.6. The van der Waals surface area contributed by atoms with Gasteiger partial charge >= 0.3 is 0 Å². The lowest BCUT2D eigenvalue weighted by Crippen LogP contribution is -2.41. The molecular weight excluding hydrogens is 360 g/mol. The van der Waals surface area contributed by atoms with Gasteiger partial charge < -0.3 is 29.4 Å². The molecule has 2 saturated heterocycles. The highest BCUT2D eigenvalue weighted by Gasteiger charge is 2.16. The molecule has 3 rings (SSSR count). The van der Waals surface area contributed by atoms with E-state index in [0.29, 0.717) is 19.8 Å². The summed E-state index contributed by atoms with van der Waals surface area (Å²) in [6.45, 7) is 7.11. The first-order valence-corrected chi connectivity index (χ1v) is 10.4. The molecule has 0 saturated carbocycles. The quantitative estimate of drug-likeness (QED) is 0.346. The van der Waals surface area contributed by atoms with Crippen molar-refractivity contribution in [1.29, 1.82) is 0 Å². The molecule has 0 amide bonds. The van der Waals surface area contributed by atoms with Crippen LogP contribution in [-0.4, -0.2) is 72.4 Å². The van der Waals surface area contributed by atoms with E-state index < -0.39 is 0 Å². The Labute approximate surface area is 167 Å². The Morgan fingerprint density at radius 3 is 2.64 bits per heavy atom. The van der Waals surface area contributed by atoms with Crippen molar-refractivity contribution in [2.45, 2.75) is 57.8 Å². The van der Waals surface area contributed by atoms with Crippen molar-refractivity contribution >= 4 is 5.96 Å². The summed E-state index contributed by atoms with van der Waals surface area (Å²) in [5, 5.41) is 15.0. The number of rotatable bonds is 10. The number of nitrogens with zero attached hydrogens (tertiary/aromatic N) is 4. The second-order valence-corrected chi connectivity index (χ2v) is 7.39. The summed E-state index contributed by atoms with van der Waals surface area (Å²) in [5.41, 5.74) is 0. The predicted molar refractivity (Wildman–Crippen MR) is 106 cm³/mol. The van der Waals surface area contributed by atoms with Crippen LogP contribution >= 0.6 is 0 Å². The van der Waals surface area contributed by atoms with Gasteiger partial charge in [-0.25, -0.2) is 4.99 Å². The SMILES string of the molecule is Cc1nnc(CN=C(NCCCOCC2CCCO2)NCC2CCCO2)n1C. The van der Waals surface area contributed by atoms with E-state index in [-0.39, 0.29) is 12.2 Å². The number of hydrogen-bond donors (Lipinski definition) is 2. The van der Waals surface area contributed by atoms with Crippen LogP contribution in [0.2, 0.25) is 0 Å². The number of nitrogens with one attached hydrogen (secondary N) is 2. The highest BCUT2D eigenvalue weighted by Crippen LogP contribution is 2.12. The van der Waals surface area contributed by atoms with Gasteiger partial charge in [-0.3, -0.25) is 0 Å². The summed E-state index contributed by atoms with van der Waals surface area (Å²) in [6.07, 6.45) is 5.95. The van der Waals surface area contributed by atoms with Gasteiger partial charge in [-0.1, -0.05) is 0 Å². The van der Waals surface area contributed by atoms with Crippen molar-refractivity contribution < 1.29 is 14.2 Å². The molecule has 9 heteroatoms. The first-order valence-electron chi connectivity index (χ1n) is 10.4. The fourth-order valence-corrected chi connectivity index (χ4v) is 3.30. The van der Waals surface area contributed by atoms with Gasteiger partial charge in [0.25, 0.3) is 0 Å². The molecule has 9 nitrogen and oxygen atoms in total. The molecule has 1 aromatic heterocycles. The minimum atomic E-state index is 0.263. The van der Waals surface area contributed by atoms with E-state index in [1.165, 1.54) is 0 Å². The summed E-state index contributed by atoms with van der Waals surface area (Å²) in [7, 11) is 1.96. The Balaban J connectivity index is 1.40. The fraction of sp³-hybridized carbons (Fsp3) is 0.842. The molecule has 1 aromatic rings. The molecule has 0 radical (unpaired) electrons. The number of guanidine groups is 1. The van der Waals surface area contributed by atoms with Crippen molar-refractivity contribution in [1.82, 2.24) is 25.4 Å². The van der Waals surface area contributed by atoms with Crippen LogP contribution in [0.4, 0.5) is 0 Å². The van der Waals surface area contributed by atoms with Crippen LogP contribution < -0.4 is 10.6 Å². The van der Waals surface area contributed by atoms with E-state index in [1.54, 1.807) is 0 Å². The van der Waals surface area contributed by atoms with Crippen LogP contribution in [0.1, 0.15) is 43.8 Å². The second-order valence-electron chi connectivity index (χ2n) is 7.39. The molecule has 2 fully saturated rings. The molecule has 2 N–H and O–H groups in total. The summed E-state index contributed by atoms with van der Waals surface area (Å²) in [5.74, 6) is 2.50. The molecular formula is C19H34N6O3. The molecule has 3 heterocycles. The van der Waals surface area contributed by atoms with Gasteiger partial charge in [-0.2, -0.15) is 0 Å². The molecule has 0 aliphatic carbocycles. The van der Waals surface area contributed by atoms with Gasteiger partial charge in [0.1, 0.15) is 12.4 Å². The van der Waals surface area contributed by atoms with Crippen LogP contribution in [0.15, 0.2) is 4.99 Å². The molecule has 2 aliphatic heterocycles. The minimum absolute atomic E-state index is 0.263. The molecule has 0 spiro atoms.